The summed E-state index contributed by atoms with van der Waals surface area (Å²) in [5.74, 6) is -1.69. The molecule has 3 N–H and O–H groups in total. The molecular formula is C24H18Cl2N2O5S2. The van der Waals surface area contributed by atoms with Crippen molar-refractivity contribution in [1.82, 2.24) is 0 Å². The lowest BCUT2D eigenvalue weighted by Gasteiger charge is -2.19. The number of hydrogen-bond donors (Lipinski definition) is 3. The molecule has 1 aliphatic heterocycles. The Morgan fingerprint density at radius 1 is 1.06 bits per heavy atom. The minimum atomic E-state index is -3.77. The van der Waals surface area contributed by atoms with Gasteiger partial charge >= 0.3 is 5.97 Å². The maximum absolute atomic E-state index is 13.0. The van der Waals surface area contributed by atoms with Crippen molar-refractivity contribution >= 4 is 74.1 Å². The third-order valence-corrected chi connectivity index (χ3v) is 8.50. The van der Waals surface area contributed by atoms with Crippen LogP contribution in [0.15, 0.2) is 75.4 Å². The van der Waals surface area contributed by atoms with Crippen LogP contribution >= 0.6 is 35.0 Å². The molecule has 3 aromatic carbocycles. The van der Waals surface area contributed by atoms with Crippen molar-refractivity contribution in [3.8, 4) is 0 Å². The zero-order valence-corrected chi connectivity index (χ0v) is 21.1. The van der Waals surface area contributed by atoms with E-state index in [0.29, 0.717) is 26.7 Å². The van der Waals surface area contributed by atoms with Crippen molar-refractivity contribution in [2.75, 3.05) is 17.2 Å². The number of fused-ring (bicyclic) bond motifs is 1. The minimum absolute atomic E-state index is 0.0463. The summed E-state index contributed by atoms with van der Waals surface area (Å²) in [7, 11) is -3.77. The first-order valence-corrected chi connectivity index (χ1v) is 13.4. The fourth-order valence-electron chi connectivity index (χ4n) is 3.30. The van der Waals surface area contributed by atoms with Crippen LogP contribution < -0.4 is 10.6 Å². The van der Waals surface area contributed by atoms with Gasteiger partial charge in [-0.25, -0.2) is 8.42 Å². The second kappa shape index (κ2) is 10.3. The molecule has 0 aliphatic carbocycles. The van der Waals surface area contributed by atoms with Gasteiger partial charge in [-0.3, -0.25) is 9.59 Å². The molecule has 1 amide bonds. The van der Waals surface area contributed by atoms with E-state index in [9.17, 15) is 18.0 Å². The summed E-state index contributed by atoms with van der Waals surface area (Å²) < 4.78 is 26.0. The van der Waals surface area contributed by atoms with E-state index in [1.54, 1.807) is 54.6 Å². The van der Waals surface area contributed by atoms with E-state index < -0.39 is 15.8 Å². The number of carbonyl (C=O) groups is 2. The Bertz CT molecular complexity index is 1430. The first-order valence-electron chi connectivity index (χ1n) is 10.2. The molecule has 0 unspecified atom stereocenters. The summed E-state index contributed by atoms with van der Waals surface area (Å²) in [5.41, 5.74) is 2.12. The summed E-state index contributed by atoms with van der Waals surface area (Å²) in [6.45, 7) is -0.196. The lowest BCUT2D eigenvalue weighted by molar-refractivity contribution is -0.134. The van der Waals surface area contributed by atoms with Crippen LogP contribution in [0.3, 0.4) is 0 Å². The fourth-order valence-corrected chi connectivity index (χ4v) is 6.35. The van der Waals surface area contributed by atoms with Crippen molar-refractivity contribution in [3.05, 3.63) is 86.7 Å². The molecule has 0 spiro atoms. The van der Waals surface area contributed by atoms with Crippen LogP contribution in [0.5, 0.6) is 0 Å². The number of halogens is 2. The van der Waals surface area contributed by atoms with E-state index in [2.05, 4.69) is 10.6 Å². The van der Waals surface area contributed by atoms with Crippen LogP contribution in [0.25, 0.3) is 6.08 Å². The number of anilines is 2. The molecule has 0 saturated heterocycles. The maximum atomic E-state index is 13.0. The molecule has 1 heterocycles. The van der Waals surface area contributed by atoms with Crippen LogP contribution in [0, 0.1) is 0 Å². The third-order valence-electron chi connectivity index (χ3n) is 5.05. The van der Waals surface area contributed by atoms with Crippen molar-refractivity contribution in [2.24, 2.45) is 0 Å². The highest BCUT2D eigenvalue weighted by Crippen LogP contribution is 2.40. The lowest BCUT2D eigenvalue weighted by atomic mass is 10.2. The Balaban J connectivity index is 1.53. The largest absolute Gasteiger partial charge is 0.480 e. The van der Waals surface area contributed by atoms with Gasteiger partial charge in [-0.1, -0.05) is 53.2 Å². The van der Waals surface area contributed by atoms with Crippen molar-refractivity contribution < 1.29 is 23.1 Å². The smallest absolute Gasteiger partial charge is 0.322 e. The van der Waals surface area contributed by atoms with E-state index in [4.69, 9.17) is 28.3 Å². The molecule has 1 aliphatic rings. The number of hydrogen-bond acceptors (Lipinski definition) is 6. The molecule has 0 bridgehead atoms. The number of aliphatic carboxylic acids is 1. The number of rotatable bonds is 7. The minimum Gasteiger partial charge on any atom is -0.480 e. The Morgan fingerprint density at radius 2 is 1.74 bits per heavy atom. The molecule has 3 aromatic rings. The lowest BCUT2D eigenvalue weighted by Crippen LogP contribution is -2.18. The molecule has 0 aromatic heterocycles. The Kier molecular flexibility index (Phi) is 7.42. The number of benzene rings is 3. The number of nitrogens with one attached hydrogen (secondary N) is 2. The van der Waals surface area contributed by atoms with Gasteiger partial charge in [0.15, 0.2) is 9.84 Å². The van der Waals surface area contributed by atoms with E-state index in [-0.39, 0.29) is 33.1 Å². The van der Waals surface area contributed by atoms with Crippen molar-refractivity contribution in [1.29, 1.82) is 0 Å². The molecule has 0 saturated carbocycles. The SMILES string of the molecule is O=C(O)CNc1ccc(/C=C2/Sc3ccc(S(=O)(=O)Cc4c(Cl)cccc4Cl)cc3NC2=O)cc1. The molecule has 4 rings (SSSR count). The highest BCUT2D eigenvalue weighted by atomic mass is 35.5. The number of thioether (sulfide) groups is 1. The quantitative estimate of drug-likeness (QED) is 0.332. The predicted molar refractivity (Wildman–Crippen MR) is 139 cm³/mol. The standard InChI is InChI=1S/C24H18Cl2N2O5S2/c25-18-2-1-3-19(26)17(18)13-35(32,33)16-8-9-21-20(11-16)28-24(31)22(34-21)10-14-4-6-15(7-5-14)27-12-23(29)30/h1-11,27H,12-13H2,(H,28,31)(H,29,30)/b22-10+. The average molecular weight is 549 g/mol. The van der Waals surface area contributed by atoms with Gasteiger partial charge in [0.05, 0.1) is 21.2 Å². The van der Waals surface area contributed by atoms with Gasteiger partial charge in [0.2, 0.25) is 0 Å². The van der Waals surface area contributed by atoms with Crippen LogP contribution in [-0.2, 0) is 25.2 Å². The average Bonchev–Trinajstić information content (AvgIpc) is 2.81. The number of sulfone groups is 1. The van der Waals surface area contributed by atoms with Crippen LogP contribution in [0.4, 0.5) is 11.4 Å². The molecule has 0 radical (unpaired) electrons. The van der Waals surface area contributed by atoms with Gasteiger partial charge < -0.3 is 15.7 Å². The van der Waals surface area contributed by atoms with E-state index >= 15 is 0 Å². The number of carboxylic acids is 1. The summed E-state index contributed by atoms with van der Waals surface area (Å²) in [5, 5.41) is 14.8. The fraction of sp³-hybridized carbons (Fsp3) is 0.0833. The number of amides is 1. The first kappa shape index (κ1) is 25.1. The maximum Gasteiger partial charge on any atom is 0.322 e. The second-order valence-electron chi connectivity index (χ2n) is 7.55. The summed E-state index contributed by atoms with van der Waals surface area (Å²) in [4.78, 5) is 24.5. The van der Waals surface area contributed by atoms with Crippen molar-refractivity contribution in [2.45, 2.75) is 15.5 Å². The van der Waals surface area contributed by atoms with E-state index in [1.807, 2.05) is 0 Å². The van der Waals surface area contributed by atoms with Gasteiger partial charge in [0.25, 0.3) is 5.91 Å². The van der Waals surface area contributed by atoms with Crippen molar-refractivity contribution in [3.63, 3.8) is 0 Å². The van der Waals surface area contributed by atoms with Crippen LogP contribution in [0.2, 0.25) is 10.0 Å². The van der Waals surface area contributed by atoms with E-state index in [1.165, 1.54) is 23.9 Å². The molecule has 7 nitrogen and oxygen atoms in total. The zero-order valence-electron chi connectivity index (χ0n) is 17.9. The topological polar surface area (TPSA) is 113 Å². The Hall–Kier alpha value is -2.98. The Labute approximate surface area is 216 Å². The van der Waals surface area contributed by atoms with Gasteiger partial charge in [0, 0.05) is 26.2 Å². The van der Waals surface area contributed by atoms with E-state index in [0.717, 1.165) is 5.56 Å². The normalized spacial score (nSPS) is 14.3. The number of carbonyl (C=O) groups excluding carboxylic acids is 1. The summed E-state index contributed by atoms with van der Waals surface area (Å²) >= 11 is 13.5. The molecule has 180 valence electrons. The zero-order chi connectivity index (χ0) is 25.2. The van der Waals surface area contributed by atoms with Crippen LogP contribution in [-0.4, -0.2) is 31.9 Å². The van der Waals surface area contributed by atoms with Gasteiger partial charge in [-0.05, 0) is 54.1 Å². The summed E-state index contributed by atoms with van der Waals surface area (Å²) in [6.07, 6.45) is 1.70. The second-order valence-corrected chi connectivity index (χ2v) is 11.4. The van der Waals surface area contributed by atoms with Gasteiger partial charge in [-0.2, -0.15) is 0 Å². The first-order chi connectivity index (χ1) is 16.6. The monoisotopic (exact) mass is 548 g/mol. The number of carboxylic acid groups (broad SMARTS) is 1. The summed E-state index contributed by atoms with van der Waals surface area (Å²) in [6, 6.07) is 16.3. The highest BCUT2D eigenvalue weighted by Gasteiger charge is 2.25. The van der Waals surface area contributed by atoms with Gasteiger partial charge in [-0.15, -0.1) is 0 Å². The molecule has 35 heavy (non-hydrogen) atoms. The Morgan fingerprint density at radius 3 is 2.40 bits per heavy atom. The van der Waals surface area contributed by atoms with Gasteiger partial charge in [0.1, 0.15) is 6.54 Å². The highest BCUT2D eigenvalue weighted by molar-refractivity contribution is 8.04. The predicted octanol–water partition coefficient (Wildman–Crippen LogP) is 5.55. The van der Waals surface area contributed by atoms with Crippen LogP contribution in [0.1, 0.15) is 11.1 Å². The molecule has 0 atom stereocenters. The molecule has 0 fully saturated rings. The molecular weight excluding hydrogens is 531 g/mol. The third kappa shape index (κ3) is 5.99. The molecule has 11 heteroatoms.